The maximum absolute atomic E-state index is 5.41. The molecule has 0 radical (unpaired) electrons. The van der Waals surface area contributed by atoms with Gasteiger partial charge in [-0.25, -0.2) is 4.98 Å². The largest absolute Gasteiger partial charge is 0.493 e. The van der Waals surface area contributed by atoms with Crippen molar-refractivity contribution in [3.63, 3.8) is 0 Å². The standard InChI is InChI=1S/C21H25N3O3/c1-14-6-8-16(9-7-14)17-13-23-21(24(17)2)22-12-15-10-18(25-3)20(27-5)19(11-15)26-4/h6-11,13H,12H2,1-5H3,(H,22,23). The number of aryl methyl sites for hydroxylation is 1. The fraction of sp³-hybridized carbons (Fsp3) is 0.286. The average molecular weight is 367 g/mol. The molecule has 0 spiro atoms. The van der Waals surface area contributed by atoms with E-state index in [1.807, 2.05) is 29.9 Å². The van der Waals surface area contributed by atoms with E-state index >= 15 is 0 Å². The summed E-state index contributed by atoms with van der Waals surface area (Å²) in [6.45, 7) is 2.66. The van der Waals surface area contributed by atoms with E-state index in [9.17, 15) is 0 Å². The minimum atomic E-state index is 0.578. The number of rotatable bonds is 7. The molecule has 6 heteroatoms. The summed E-state index contributed by atoms with van der Waals surface area (Å²) in [5, 5.41) is 3.37. The van der Waals surface area contributed by atoms with Gasteiger partial charge < -0.3 is 24.1 Å². The second kappa shape index (κ2) is 8.03. The van der Waals surface area contributed by atoms with Gasteiger partial charge in [0.1, 0.15) is 0 Å². The minimum absolute atomic E-state index is 0.578. The Kier molecular flexibility index (Phi) is 5.54. The number of hydrogen-bond acceptors (Lipinski definition) is 5. The lowest BCUT2D eigenvalue weighted by molar-refractivity contribution is 0.324. The highest BCUT2D eigenvalue weighted by molar-refractivity contribution is 5.62. The van der Waals surface area contributed by atoms with Crippen LogP contribution in [0.4, 0.5) is 5.95 Å². The maximum atomic E-state index is 5.41. The Labute approximate surface area is 159 Å². The number of nitrogens with zero attached hydrogens (tertiary/aromatic N) is 2. The van der Waals surface area contributed by atoms with Crippen molar-refractivity contribution in [2.24, 2.45) is 7.05 Å². The molecule has 3 rings (SSSR count). The van der Waals surface area contributed by atoms with Gasteiger partial charge in [0.25, 0.3) is 0 Å². The van der Waals surface area contributed by atoms with Crippen molar-refractivity contribution in [2.45, 2.75) is 13.5 Å². The Bertz CT molecular complexity index is 892. The molecule has 0 amide bonds. The molecule has 27 heavy (non-hydrogen) atoms. The molecule has 0 atom stereocenters. The zero-order valence-corrected chi connectivity index (χ0v) is 16.4. The van der Waals surface area contributed by atoms with E-state index in [1.54, 1.807) is 21.3 Å². The first-order chi connectivity index (χ1) is 13.1. The van der Waals surface area contributed by atoms with E-state index in [0.29, 0.717) is 23.8 Å². The van der Waals surface area contributed by atoms with Gasteiger partial charge in [-0.3, -0.25) is 0 Å². The van der Waals surface area contributed by atoms with E-state index < -0.39 is 0 Å². The van der Waals surface area contributed by atoms with Gasteiger partial charge in [0.05, 0.1) is 33.2 Å². The third kappa shape index (κ3) is 3.84. The first-order valence-electron chi connectivity index (χ1n) is 8.69. The van der Waals surface area contributed by atoms with Crippen LogP contribution in [0.3, 0.4) is 0 Å². The van der Waals surface area contributed by atoms with Gasteiger partial charge >= 0.3 is 0 Å². The quantitative estimate of drug-likeness (QED) is 0.683. The fourth-order valence-electron chi connectivity index (χ4n) is 2.98. The van der Waals surface area contributed by atoms with Crippen LogP contribution in [0.2, 0.25) is 0 Å². The molecule has 0 aliphatic heterocycles. The summed E-state index contributed by atoms with van der Waals surface area (Å²) in [5.74, 6) is 2.64. The molecule has 0 saturated heterocycles. The van der Waals surface area contributed by atoms with Crippen LogP contribution < -0.4 is 19.5 Å². The van der Waals surface area contributed by atoms with Crippen LogP contribution in [-0.4, -0.2) is 30.9 Å². The van der Waals surface area contributed by atoms with Crippen molar-refractivity contribution in [1.82, 2.24) is 9.55 Å². The Balaban J connectivity index is 1.80. The molecule has 2 aromatic carbocycles. The fourth-order valence-corrected chi connectivity index (χ4v) is 2.98. The van der Waals surface area contributed by atoms with Gasteiger partial charge in [-0.05, 0) is 30.2 Å². The number of hydrogen-bond donors (Lipinski definition) is 1. The zero-order valence-electron chi connectivity index (χ0n) is 16.4. The van der Waals surface area contributed by atoms with Gasteiger partial charge in [-0.2, -0.15) is 0 Å². The number of ether oxygens (including phenoxy) is 3. The Morgan fingerprint density at radius 3 is 2.15 bits per heavy atom. The molecule has 142 valence electrons. The van der Waals surface area contributed by atoms with Crippen LogP contribution in [0.1, 0.15) is 11.1 Å². The molecule has 1 N–H and O–H groups in total. The summed E-state index contributed by atoms with van der Waals surface area (Å²) in [6, 6.07) is 12.3. The Morgan fingerprint density at radius 2 is 1.59 bits per heavy atom. The van der Waals surface area contributed by atoms with Crippen molar-refractivity contribution in [3.8, 4) is 28.5 Å². The highest BCUT2D eigenvalue weighted by Gasteiger charge is 2.14. The van der Waals surface area contributed by atoms with Crippen LogP contribution in [0.5, 0.6) is 17.2 Å². The Hall–Kier alpha value is -3.15. The van der Waals surface area contributed by atoms with Crippen LogP contribution in [-0.2, 0) is 13.6 Å². The molecule has 0 saturated carbocycles. The second-order valence-corrected chi connectivity index (χ2v) is 6.28. The number of benzene rings is 2. The maximum Gasteiger partial charge on any atom is 0.203 e. The molecular formula is C21H25N3O3. The topological polar surface area (TPSA) is 57.5 Å². The smallest absolute Gasteiger partial charge is 0.203 e. The zero-order chi connectivity index (χ0) is 19.4. The molecule has 0 bridgehead atoms. The van der Waals surface area contributed by atoms with Crippen molar-refractivity contribution < 1.29 is 14.2 Å². The third-order valence-electron chi connectivity index (χ3n) is 4.51. The molecule has 0 fully saturated rings. The first kappa shape index (κ1) is 18.6. The lowest BCUT2D eigenvalue weighted by Crippen LogP contribution is -2.06. The molecular weight excluding hydrogens is 342 g/mol. The highest BCUT2D eigenvalue weighted by Crippen LogP contribution is 2.38. The van der Waals surface area contributed by atoms with Gasteiger partial charge in [0.15, 0.2) is 11.5 Å². The molecule has 3 aromatic rings. The lowest BCUT2D eigenvalue weighted by Gasteiger charge is -2.15. The van der Waals surface area contributed by atoms with Crippen molar-refractivity contribution in [3.05, 3.63) is 53.7 Å². The Morgan fingerprint density at radius 1 is 0.963 bits per heavy atom. The highest BCUT2D eigenvalue weighted by atomic mass is 16.5. The normalized spacial score (nSPS) is 10.6. The molecule has 0 aliphatic rings. The number of methoxy groups -OCH3 is 3. The molecule has 6 nitrogen and oxygen atoms in total. The first-order valence-corrected chi connectivity index (χ1v) is 8.69. The van der Waals surface area contributed by atoms with Crippen LogP contribution in [0.15, 0.2) is 42.6 Å². The average Bonchev–Trinajstić information content (AvgIpc) is 3.06. The van der Waals surface area contributed by atoms with Gasteiger partial charge in [0, 0.05) is 13.6 Å². The third-order valence-corrected chi connectivity index (χ3v) is 4.51. The summed E-state index contributed by atoms with van der Waals surface area (Å²) in [7, 11) is 6.82. The SMILES string of the molecule is COc1cc(CNc2ncc(-c3ccc(C)cc3)n2C)cc(OC)c1OC. The van der Waals surface area contributed by atoms with Gasteiger partial charge in [0.2, 0.25) is 11.7 Å². The van der Waals surface area contributed by atoms with Crippen molar-refractivity contribution in [2.75, 3.05) is 26.6 Å². The summed E-state index contributed by atoms with van der Waals surface area (Å²) >= 11 is 0. The van der Waals surface area contributed by atoms with Gasteiger partial charge in [-0.1, -0.05) is 29.8 Å². The number of aromatic nitrogens is 2. The molecule has 0 unspecified atom stereocenters. The predicted molar refractivity (Wildman–Crippen MR) is 107 cm³/mol. The van der Waals surface area contributed by atoms with Crippen LogP contribution >= 0.6 is 0 Å². The van der Waals surface area contributed by atoms with E-state index in [-0.39, 0.29) is 0 Å². The van der Waals surface area contributed by atoms with Crippen molar-refractivity contribution >= 4 is 5.95 Å². The van der Waals surface area contributed by atoms with E-state index in [0.717, 1.165) is 22.8 Å². The summed E-state index contributed by atoms with van der Waals surface area (Å²) < 4.78 is 18.2. The van der Waals surface area contributed by atoms with Crippen LogP contribution in [0, 0.1) is 6.92 Å². The summed E-state index contributed by atoms with van der Waals surface area (Å²) in [4.78, 5) is 4.51. The second-order valence-electron chi connectivity index (χ2n) is 6.28. The lowest BCUT2D eigenvalue weighted by atomic mass is 10.1. The molecule has 0 aliphatic carbocycles. The number of imidazole rings is 1. The number of nitrogens with one attached hydrogen (secondary N) is 1. The molecule has 1 aromatic heterocycles. The summed E-state index contributed by atoms with van der Waals surface area (Å²) in [5.41, 5.74) is 4.44. The van der Waals surface area contributed by atoms with Crippen LogP contribution in [0.25, 0.3) is 11.3 Å². The molecule has 1 heterocycles. The minimum Gasteiger partial charge on any atom is -0.493 e. The van der Waals surface area contributed by atoms with Crippen molar-refractivity contribution in [1.29, 1.82) is 0 Å². The predicted octanol–water partition coefficient (Wildman–Crippen LogP) is 4.03. The monoisotopic (exact) mass is 367 g/mol. The van der Waals surface area contributed by atoms with E-state index in [1.165, 1.54) is 5.56 Å². The number of anilines is 1. The summed E-state index contributed by atoms with van der Waals surface area (Å²) in [6.07, 6.45) is 1.88. The van der Waals surface area contributed by atoms with E-state index in [4.69, 9.17) is 14.2 Å². The van der Waals surface area contributed by atoms with Gasteiger partial charge in [-0.15, -0.1) is 0 Å². The van der Waals surface area contributed by atoms with E-state index in [2.05, 4.69) is 41.5 Å².